The number of hydrogen-bond donors (Lipinski definition) is 3. The van der Waals surface area contributed by atoms with Crippen molar-refractivity contribution in [1.29, 1.82) is 0 Å². The molecule has 5 rings (SSSR count). The quantitative estimate of drug-likeness (QED) is 0.232. The minimum Gasteiger partial charge on any atom is -0.507 e. The summed E-state index contributed by atoms with van der Waals surface area (Å²) in [7, 11) is -3.61. The number of sulfonamides is 1. The summed E-state index contributed by atoms with van der Waals surface area (Å²) in [5, 5.41) is 18.1. The maximum Gasteiger partial charge on any atom is 0.240 e. The van der Waals surface area contributed by atoms with Gasteiger partial charge < -0.3 is 10.4 Å². The van der Waals surface area contributed by atoms with Gasteiger partial charge in [0.15, 0.2) is 5.65 Å². The number of hydrogen-bond acceptors (Lipinski definition) is 6. The van der Waals surface area contributed by atoms with E-state index in [1.165, 1.54) is 0 Å². The number of phenols is 1. The molecular weight excluding hydrogens is 554 g/mol. The van der Waals surface area contributed by atoms with Crippen molar-refractivity contribution in [2.24, 2.45) is 0 Å². The largest absolute Gasteiger partial charge is 0.507 e. The molecule has 0 bridgehead atoms. The van der Waals surface area contributed by atoms with E-state index in [0.717, 1.165) is 21.2 Å². The average molecular weight is 578 g/mol. The van der Waals surface area contributed by atoms with E-state index < -0.39 is 10.0 Å². The normalized spacial score (nSPS) is 11.6. The number of aryl methyl sites for hydroxylation is 1. The number of nitrogens with zero attached hydrogens (tertiary/aromatic N) is 3. The molecule has 0 amide bonds. The Hall–Kier alpha value is -3.73. The molecular formula is C27H24BrN5O3S. The zero-order valence-electron chi connectivity index (χ0n) is 19.9. The molecule has 0 aliphatic rings. The van der Waals surface area contributed by atoms with E-state index in [-0.39, 0.29) is 17.2 Å². The minimum atomic E-state index is -3.61. The van der Waals surface area contributed by atoms with Gasteiger partial charge in [0.1, 0.15) is 11.6 Å². The van der Waals surface area contributed by atoms with Crippen LogP contribution in [-0.2, 0) is 23.1 Å². The summed E-state index contributed by atoms with van der Waals surface area (Å²) in [6.45, 7) is 2.50. The van der Waals surface area contributed by atoms with Crippen molar-refractivity contribution in [2.45, 2.75) is 24.9 Å². The predicted octanol–water partition coefficient (Wildman–Crippen LogP) is 5.26. The standard InChI is InChI=1S/C27H24BrN5O3S/c1-18-6-4-9-21(12-18)37(35,36)31-16-20-8-5-7-19(13-20)15-29-26-14-24(22-10-2-3-11-25(22)34)32-27-23(28)17-30-33(26)27/h2-14,17,29,31,34H,15-16H2,1H3. The van der Waals surface area contributed by atoms with E-state index in [4.69, 9.17) is 0 Å². The van der Waals surface area contributed by atoms with Crippen LogP contribution in [0.3, 0.4) is 0 Å². The lowest BCUT2D eigenvalue weighted by Crippen LogP contribution is -2.23. The van der Waals surface area contributed by atoms with Gasteiger partial charge in [-0.25, -0.2) is 18.1 Å². The Bertz CT molecular complexity index is 1700. The molecule has 10 heteroatoms. The van der Waals surface area contributed by atoms with Crippen LogP contribution in [0, 0.1) is 6.92 Å². The Kier molecular flexibility index (Phi) is 6.96. The van der Waals surface area contributed by atoms with Crippen LogP contribution in [-0.4, -0.2) is 28.1 Å². The number of fused-ring (bicyclic) bond motifs is 1. The molecule has 0 atom stereocenters. The third-order valence-electron chi connectivity index (χ3n) is 5.84. The van der Waals surface area contributed by atoms with Crippen LogP contribution in [0.15, 0.2) is 94.4 Å². The molecule has 3 aromatic carbocycles. The molecule has 3 N–H and O–H groups in total. The lowest BCUT2D eigenvalue weighted by molar-refractivity contribution is 0.477. The summed E-state index contributed by atoms with van der Waals surface area (Å²) in [6, 6.07) is 23.4. The zero-order chi connectivity index (χ0) is 26.0. The Morgan fingerprint density at radius 3 is 2.49 bits per heavy atom. The molecule has 0 unspecified atom stereocenters. The van der Waals surface area contributed by atoms with Crippen molar-refractivity contribution in [3.63, 3.8) is 0 Å². The first-order chi connectivity index (χ1) is 17.8. The van der Waals surface area contributed by atoms with Crippen molar-refractivity contribution in [1.82, 2.24) is 19.3 Å². The first-order valence-electron chi connectivity index (χ1n) is 11.5. The molecule has 37 heavy (non-hydrogen) atoms. The third kappa shape index (κ3) is 5.51. The smallest absolute Gasteiger partial charge is 0.240 e. The molecule has 0 fully saturated rings. The highest BCUT2D eigenvalue weighted by atomic mass is 79.9. The highest BCUT2D eigenvalue weighted by Gasteiger charge is 2.15. The fourth-order valence-corrected chi connectivity index (χ4v) is 5.45. The number of benzene rings is 3. The summed E-state index contributed by atoms with van der Waals surface area (Å²) < 4.78 is 30.5. The molecule has 0 saturated heterocycles. The number of anilines is 1. The first-order valence-corrected chi connectivity index (χ1v) is 13.8. The van der Waals surface area contributed by atoms with E-state index in [9.17, 15) is 13.5 Å². The fourth-order valence-electron chi connectivity index (χ4n) is 3.98. The molecule has 5 aromatic rings. The number of halogens is 1. The van der Waals surface area contributed by atoms with Crippen molar-refractivity contribution in [2.75, 3.05) is 5.32 Å². The average Bonchev–Trinajstić information content (AvgIpc) is 3.27. The summed E-state index contributed by atoms with van der Waals surface area (Å²) >= 11 is 3.49. The Balaban J connectivity index is 1.35. The maximum absolute atomic E-state index is 12.7. The first kappa shape index (κ1) is 24.9. The Labute approximate surface area is 223 Å². The van der Waals surface area contributed by atoms with Crippen LogP contribution in [0.4, 0.5) is 5.82 Å². The topological polar surface area (TPSA) is 109 Å². The number of nitrogens with one attached hydrogen (secondary N) is 2. The molecule has 0 spiro atoms. The second kappa shape index (κ2) is 10.3. The molecule has 188 valence electrons. The van der Waals surface area contributed by atoms with E-state index in [0.29, 0.717) is 29.3 Å². The van der Waals surface area contributed by atoms with Crippen molar-refractivity contribution in [3.05, 3.63) is 106 Å². The predicted molar refractivity (Wildman–Crippen MR) is 147 cm³/mol. The van der Waals surface area contributed by atoms with E-state index in [1.54, 1.807) is 41.0 Å². The van der Waals surface area contributed by atoms with Gasteiger partial charge in [-0.3, -0.25) is 0 Å². The van der Waals surface area contributed by atoms with Crippen molar-refractivity contribution in [3.8, 4) is 17.0 Å². The molecule has 0 aliphatic carbocycles. The Morgan fingerprint density at radius 2 is 1.70 bits per heavy atom. The van der Waals surface area contributed by atoms with E-state index >= 15 is 0 Å². The highest BCUT2D eigenvalue weighted by Crippen LogP contribution is 2.31. The van der Waals surface area contributed by atoms with Gasteiger partial charge in [-0.05, 0) is 63.8 Å². The van der Waals surface area contributed by atoms with E-state index in [1.807, 2.05) is 55.5 Å². The Morgan fingerprint density at radius 1 is 0.946 bits per heavy atom. The van der Waals surface area contributed by atoms with Crippen LogP contribution in [0.5, 0.6) is 5.75 Å². The molecule has 2 heterocycles. The van der Waals surface area contributed by atoms with Crippen LogP contribution < -0.4 is 10.0 Å². The van der Waals surface area contributed by atoms with Crippen LogP contribution >= 0.6 is 15.9 Å². The molecule has 2 aromatic heterocycles. The number of phenolic OH excluding ortho intramolecular Hbond substituents is 1. The van der Waals surface area contributed by atoms with Gasteiger partial charge in [-0.1, -0.05) is 48.5 Å². The summed E-state index contributed by atoms with van der Waals surface area (Å²) in [5.41, 5.74) is 4.52. The van der Waals surface area contributed by atoms with Crippen molar-refractivity contribution < 1.29 is 13.5 Å². The van der Waals surface area contributed by atoms with Crippen LogP contribution in [0.2, 0.25) is 0 Å². The van der Waals surface area contributed by atoms with Gasteiger partial charge in [0, 0.05) is 24.7 Å². The highest BCUT2D eigenvalue weighted by molar-refractivity contribution is 9.10. The van der Waals surface area contributed by atoms with Crippen LogP contribution in [0.1, 0.15) is 16.7 Å². The van der Waals surface area contributed by atoms with Crippen LogP contribution in [0.25, 0.3) is 16.9 Å². The fraction of sp³-hybridized carbons (Fsp3) is 0.111. The molecule has 8 nitrogen and oxygen atoms in total. The molecule has 0 aliphatic heterocycles. The van der Waals surface area contributed by atoms with Gasteiger partial charge in [0.25, 0.3) is 0 Å². The lowest BCUT2D eigenvalue weighted by atomic mass is 10.1. The monoisotopic (exact) mass is 577 g/mol. The maximum atomic E-state index is 12.7. The number of aromatic nitrogens is 3. The number of aromatic hydroxyl groups is 1. The second-order valence-electron chi connectivity index (χ2n) is 8.59. The van der Waals surface area contributed by atoms with Gasteiger partial charge in [-0.2, -0.15) is 9.61 Å². The number of para-hydroxylation sites is 1. The summed E-state index contributed by atoms with van der Waals surface area (Å²) in [4.78, 5) is 4.91. The van der Waals surface area contributed by atoms with E-state index in [2.05, 4.69) is 36.1 Å². The van der Waals surface area contributed by atoms with Gasteiger partial charge >= 0.3 is 0 Å². The second-order valence-corrected chi connectivity index (χ2v) is 11.2. The van der Waals surface area contributed by atoms with Crippen molar-refractivity contribution >= 4 is 37.4 Å². The lowest BCUT2D eigenvalue weighted by Gasteiger charge is -2.13. The number of rotatable bonds is 8. The van der Waals surface area contributed by atoms with Gasteiger partial charge in [0.05, 0.1) is 21.3 Å². The summed E-state index contributed by atoms with van der Waals surface area (Å²) in [6.07, 6.45) is 1.67. The molecule has 0 saturated carbocycles. The molecule has 0 radical (unpaired) electrons. The SMILES string of the molecule is Cc1cccc(S(=O)(=O)NCc2cccc(CNc3cc(-c4ccccc4O)nc4c(Br)cnn34)c2)c1. The third-order valence-corrected chi connectivity index (χ3v) is 7.80. The minimum absolute atomic E-state index is 0.141. The zero-order valence-corrected chi connectivity index (χ0v) is 22.3. The van der Waals surface area contributed by atoms with Gasteiger partial charge in [0.2, 0.25) is 10.0 Å². The van der Waals surface area contributed by atoms with Gasteiger partial charge in [-0.15, -0.1) is 0 Å². The summed E-state index contributed by atoms with van der Waals surface area (Å²) in [5.74, 6) is 0.835.